The zero-order valence-corrected chi connectivity index (χ0v) is 14.2. The molecule has 0 aromatic carbocycles. The Hall–Kier alpha value is -0.0400. The summed E-state index contributed by atoms with van der Waals surface area (Å²) in [4.78, 5) is 13.5. The highest BCUT2D eigenvalue weighted by atomic mass is 127. The molecule has 1 N–H and O–H groups in total. The van der Waals surface area contributed by atoms with Crippen LogP contribution in [0.25, 0.3) is 0 Å². The predicted molar refractivity (Wildman–Crippen MR) is 86.4 cm³/mol. The van der Waals surface area contributed by atoms with Gasteiger partial charge in [0.2, 0.25) is 0 Å². The van der Waals surface area contributed by atoms with E-state index in [0.29, 0.717) is 6.61 Å². The van der Waals surface area contributed by atoms with E-state index in [4.69, 9.17) is 4.74 Å². The molecule has 5 heteroatoms. The number of amides is 1. The van der Waals surface area contributed by atoms with Crippen LogP contribution in [-0.4, -0.2) is 37.2 Å². The lowest BCUT2D eigenvalue weighted by Gasteiger charge is -2.32. The van der Waals surface area contributed by atoms with Gasteiger partial charge in [0.1, 0.15) is 6.61 Å². The van der Waals surface area contributed by atoms with Crippen LogP contribution >= 0.6 is 22.9 Å². The molecule has 112 valence electrons. The third-order valence-electron chi connectivity index (χ3n) is 3.79. The molecule has 0 heterocycles. The van der Waals surface area contributed by atoms with Crippen LogP contribution in [0.1, 0.15) is 51.9 Å². The van der Waals surface area contributed by atoms with Crippen molar-refractivity contribution >= 4 is 29.0 Å². The molecule has 0 spiro atoms. The zero-order chi connectivity index (χ0) is 13.9. The fraction of sp³-hybridized carbons (Fsp3) is 0.929. The second-order valence-corrected chi connectivity index (χ2v) is 5.93. The third kappa shape index (κ3) is 7.97. The molecule has 0 aliphatic heterocycles. The number of unbranched alkanes of at least 4 members (excludes halogenated alkanes) is 3. The molecule has 4 nitrogen and oxygen atoms in total. The maximum Gasteiger partial charge on any atom is 0.416 e. The van der Waals surface area contributed by atoms with E-state index in [2.05, 4.69) is 15.4 Å². The summed E-state index contributed by atoms with van der Waals surface area (Å²) in [6, 6.07) is 0. The largest absolute Gasteiger partial charge is 0.448 e. The van der Waals surface area contributed by atoms with Crippen molar-refractivity contribution in [3.63, 3.8) is 0 Å². The van der Waals surface area contributed by atoms with Gasteiger partial charge in [-0.3, -0.25) is 8.43 Å². The molecule has 0 aromatic rings. The summed E-state index contributed by atoms with van der Waals surface area (Å²) in [6.45, 7) is 5.93. The molecule has 1 rings (SSSR count). The second-order valence-electron chi connectivity index (χ2n) is 5.39. The van der Waals surface area contributed by atoms with E-state index in [1.807, 2.05) is 0 Å². The molecule has 1 aliphatic carbocycles. The standard InChI is InChI=1S/C14H27IN2O2/c1-2-3-4-5-9-17(12-13-7-6-8-13)10-11-19-14(18)16-15/h13H,2-12H2,1H3,(H,16,18). The monoisotopic (exact) mass is 382 g/mol. The van der Waals surface area contributed by atoms with Gasteiger partial charge in [-0.15, -0.1) is 0 Å². The zero-order valence-electron chi connectivity index (χ0n) is 12.0. The first-order valence-electron chi connectivity index (χ1n) is 7.52. The molecule has 0 atom stereocenters. The van der Waals surface area contributed by atoms with Crippen molar-refractivity contribution in [2.24, 2.45) is 5.92 Å². The van der Waals surface area contributed by atoms with Crippen LogP contribution in [0.5, 0.6) is 0 Å². The topological polar surface area (TPSA) is 41.6 Å². The van der Waals surface area contributed by atoms with Gasteiger partial charge in [0.25, 0.3) is 0 Å². The van der Waals surface area contributed by atoms with Gasteiger partial charge in [-0.25, -0.2) is 4.79 Å². The minimum absolute atomic E-state index is 0.338. The number of ether oxygens (including phenoxy) is 1. The van der Waals surface area contributed by atoms with Crippen LogP contribution in [0.4, 0.5) is 4.79 Å². The van der Waals surface area contributed by atoms with Gasteiger partial charge in [0.15, 0.2) is 0 Å². The summed E-state index contributed by atoms with van der Waals surface area (Å²) in [5.41, 5.74) is 0. The number of nitrogens with zero attached hydrogens (tertiary/aromatic N) is 1. The molecule has 1 fully saturated rings. The summed E-state index contributed by atoms with van der Waals surface area (Å²) in [6.07, 6.45) is 8.98. The van der Waals surface area contributed by atoms with E-state index in [1.54, 1.807) is 22.9 Å². The van der Waals surface area contributed by atoms with Crippen molar-refractivity contribution in [1.82, 2.24) is 8.43 Å². The Morgan fingerprint density at radius 3 is 2.68 bits per heavy atom. The smallest absolute Gasteiger partial charge is 0.416 e. The second kappa shape index (κ2) is 10.7. The molecule has 0 unspecified atom stereocenters. The van der Waals surface area contributed by atoms with Crippen LogP contribution in [-0.2, 0) is 4.74 Å². The van der Waals surface area contributed by atoms with Crippen LogP contribution in [0.15, 0.2) is 0 Å². The number of hydrogen-bond donors (Lipinski definition) is 1. The van der Waals surface area contributed by atoms with Gasteiger partial charge in [0.05, 0.1) is 22.9 Å². The van der Waals surface area contributed by atoms with Crippen molar-refractivity contribution in [3.05, 3.63) is 0 Å². The highest BCUT2D eigenvalue weighted by molar-refractivity contribution is 14.1. The molecule has 0 radical (unpaired) electrons. The maximum atomic E-state index is 11.0. The minimum Gasteiger partial charge on any atom is -0.448 e. The molecular weight excluding hydrogens is 355 g/mol. The fourth-order valence-electron chi connectivity index (χ4n) is 2.39. The Bertz CT molecular complexity index is 248. The molecule has 1 aliphatic rings. The van der Waals surface area contributed by atoms with Crippen molar-refractivity contribution < 1.29 is 9.53 Å². The van der Waals surface area contributed by atoms with Crippen LogP contribution in [0, 0.1) is 5.92 Å². The first-order valence-corrected chi connectivity index (χ1v) is 8.60. The maximum absolute atomic E-state index is 11.0. The number of halogens is 1. The van der Waals surface area contributed by atoms with Gasteiger partial charge in [-0.1, -0.05) is 32.6 Å². The molecule has 0 aromatic heterocycles. The number of carbonyl (C=O) groups is 1. The quantitative estimate of drug-likeness (QED) is 0.356. The predicted octanol–water partition coefficient (Wildman–Crippen LogP) is 3.75. The molecule has 1 saturated carbocycles. The summed E-state index contributed by atoms with van der Waals surface area (Å²) >= 11 is 1.80. The molecule has 1 amide bonds. The van der Waals surface area contributed by atoms with Gasteiger partial charge in [0, 0.05) is 13.1 Å². The number of rotatable bonds is 10. The van der Waals surface area contributed by atoms with E-state index in [1.165, 1.54) is 51.5 Å². The number of hydrogen-bond acceptors (Lipinski definition) is 3. The first-order chi connectivity index (χ1) is 9.26. The SMILES string of the molecule is CCCCCCN(CCOC(=O)NI)CC1CCC1. The van der Waals surface area contributed by atoms with Crippen LogP contribution in [0.3, 0.4) is 0 Å². The summed E-state index contributed by atoms with van der Waals surface area (Å²) in [7, 11) is 0. The van der Waals surface area contributed by atoms with Crippen LogP contribution < -0.4 is 3.53 Å². The van der Waals surface area contributed by atoms with E-state index in [0.717, 1.165) is 19.0 Å². The van der Waals surface area contributed by atoms with Crippen molar-refractivity contribution in [2.45, 2.75) is 51.9 Å². The van der Waals surface area contributed by atoms with Crippen molar-refractivity contribution in [3.8, 4) is 0 Å². The molecular formula is C14H27IN2O2. The highest BCUT2D eigenvalue weighted by Crippen LogP contribution is 2.27. The average Bonchev–Trinajstić information content (AvgIpc) is 2.37. The lowest BCUT2D eigenvalue weighted by molar-refractivity contribution is 0.116. The lowest BCUT2D eigenvalue weighted by atomic mass is 9.85. The normalized spacial score (nSPS) is 15.3. The van der Waals surface area contributed by atoms with Gasteiger partial charge >= 0.3 is 6.09 Å². The Morgan fingerprint density at radius 1 is 1.32 bits per heavy atom. The van der Waals surface area contributed by atoms with E-state index >= 15 is 0 Å². The molecule has 0 bridgehead atoms. The van der Waals surface area contributed by atoms with Crippen LogP contribution in [0.2, 0.25) is 0 Å². The fourth-order valence-corrected chi connectivity index (χ4v) is 2.55. The Balaban J connectivity index is 2.16. The Morgan fingerprint density at radius 2 is 2.11 bits per heavy atom. The average molecular weight is 382 g/mol. The lowest BCUT2D eigenvalue weighted by Crippen LogP contribution is -2.36. The number of nitrogens with one attached hydrogen (secondary N) is 1. The van der Waals surface area contributed by atoms with E-state index in [-0.39, 0.29) is 6.09 Å². The van der Waals surface area contributed by atoms with Gasteiger partial charge in [-0.05, 0) is 31.7 Å². The van der Waals surface area contributed by atoms with Gasteiger partial charge < -0.3 is 4.74 Å². The Labute approximate surface area is 131 Å². The summed E-state index contributed by atoms with van der Waals surface area (Å²) in [5, 5.41) is 0. The third-order valence-corrected chi connectivity index (χ3v) is 4.23. The summed E-state index contributed by atoms with van der Waals surface area (Å²) in [5.74, 6) is 0.879. The summed E-state index contributed by atoms with van der Waals surface area (Å²) < 4.78 is 7.54. The van der Waals surface area contributed by atoms with E-state index in [9.17, 15) is 4.79 Å². The van der Waals surface area contributed by atoms with Crippen molar-refractivity contribution in [1.29, 1.82) is 0 Å². The number of carbonyl (C=O) groups excluding carboxylic acids is 1. The first kappa shape index (κ1) is 17.0. The Kier molecular flexibility index (Phi) is 9.59. The highest BCUT2D eigenvalue weighted by Gasteiger charge is 2.20. The molecule has 19 heavy (non-hydrogen) atoms. The van der Waals surface area contributed by atoms with Crippen molar-refractivity contribution in [2.75, 3.05) is 26.2 Å². The van der Waals surface area contributed by atoms with E-state index < -0.39 is 0 Å². The minimum atomic E-state index is -0.338. The van der Waals surface area contributed by atoms with Gasteiger partial charge in [-0.2, -0.15) is 0 Å². The molecule has 0 saturated heterocycles.